The standard InChI is InChI=1S/C15H12F8N4O3/c1-27-11(24-12(28)6-4-3-5-7(26-29)9(6)30-2)8(14(18,19)20)10(25-27)13(16,17)15(21,22)23/h3-5,26,29H,1-2H3,(H,24,28). The number of anilines is 2. The summed E-state index contributed by atoms with van der Waals surface area (Å²) in [5.41, 5.74) is -4.04. The largest absolute Gasteiger partial charge is 0.494 e. The van der Waals surface area contributed by atoms with Crippen LogP contribution < -0.4 is 15.5 Å². The van der Waals surface area contributed by atoms with E-state index in [4.69, 9.17) is 9.94 Å². The van der Waals surface area contributed by atoms with Gasteiger partial charge in [-0.15, -0.1) is 0 Å². The average Bonchev–Trinajstić information content (AvgIpc) is 2.97. The highest BCUT2D eigenvalue weighted by molar-refractivity contribution is 6.07. The predicted molar refractivity (Wildman–Crippen MR) is 84.5 cm³/mol. The van der Waals surface area contributed by atoms with E-state index >= 15 is 0 Å². The maximum Gasteiger partial charge on any atom is 0.459 e. The van der Waals surface area contributed by atoms with Gasteiger partial charge in [-0.05, 0) is 12.1 Å². The maximum absolute atomic E-state index is 13.7. The molecule has 7 nitrogen and oxygen atoms in total. The van der Waals surface area contributed by atoms with Crippen molar-refractivity contribution in [3.8, 4) is 5.75 Å². The zero-order chi connectivity index (χ0) is 23.1. The van der Waals surface area contributed by atoms with Crippen molar-refractivity contribution >= 4 is 17.4 Å². The Morgan fingerprint density at radius 3 is 2.20 bits per heavy atom. The third kappa shape index (κ3) is 3.96. The van der Waals surface area contributed by atoms with E-state index in [1.54, 1.807) is 10.8 Å². The van der Waals surface area contributed by atoms with Crippen molar-refractivity contribution in [1.82, 2.24) is 9.78 Å². The first-order valence-electron chi connectivity index (χ1n) is 7.64. The second-order valence-electron chi connectivity index (χ2n) is 5.72. The fraction of sp³-hybridized carbons (Fsp3) is 0.333. The van der Waals surface area contributed by atoms with Gasteiger partial charge >= 0.3 is 18.3 Å². The number of hydrogen-bond acceptors (Lipinski definition) is 5. The first-order valence-corrected chi connectivity index (χ1v) is 7.64. The molecule has 166 valence electrons. The molecule has 0 bridgehead atoms. The number of aromatic nitrogens is 2. The van der Waals surface area contributed by atoms with Gasteiger partial charge < -0.3 is 10.1 Å². The van der Waals surface area contributed by atoms with Gasteiger partial charge in [0, 0.05) is 7.05 Å². The molecule has 0 aliphatic heterocycles. The molecule has 0 radical (unpaired) electrons. The second-order valence-corrected chi connectivity index (χ2v) is 5.72. The van der Waals surface area contributed by atoms with Gasteiger partial charge in [0.05, 0.1) is 12.7 Å². The number of hydrogen-bond donors (Lipinski definition) is 3. The second kappa shape index (κ2) is 7.62. The third-order valence-corrected chi connectivity index (χ3v) is 3.80. The third-order valence-electron chi connectivity index (χ3n) is 3.80. The summed E-state index contributed by atoms with van der Waals surface area (Å²) in [5.74, 6) is -9.10. The molecule has 30 heavy (non-hydrogen) atoms. The molecule has 1 aromatic heterocycles. The van der Waals surface area contributed by atoms with Crippen LogP contribution >= 0.6 is 0 Å². The van der Waals surface area contributed by atoms with Crippen LogP contribution in [-0.2, 0) is 19.1 Å². The molecule has 15 heteroatoms. The Labute approximate surface area is 162 Å². The summed E-state index contributed by atoms with van der Waals surface area (Å²) < 4.78 is 110. The molecule has 3 N–H and O–H groups in total. The molecule has 0 aliphatic carbocycles. The summed E-state index contributed by atoms with van der Waals surface area (Å²) in [6.07, 6.45) is -12.1. The van der Waals surface area contributed by atoms with Crippen LogP contribution in [0, 0.1) is 0 Å². The lowest BCUT2D eigenvalue weighted by molar-refractivity contribution is -0.292. The molecule has 1 heterocycles. The predicted octanol–water partition coefficient (Wildman–Crippen LogP) is 4.16. The molecule has 0 unspecified atom stereocenters. The van der Waals surface area contributed by atoms with Crippen molar-refractivity contribution in [3.63, 3.8) is 0 Å². The summed E-state index contributed by atoms with van der Waals surface area (Å²) in [4.78, 5) is 12.4. The van der Waals surface area contributed by atoms with Crippen LogP contribution in [0.15, 0.2) is 18.2 Å². The molecule has 1 aromatic carbocycles. The van der Waals surface area contributed by atoms with E-state index in [9.17, 15) is 39.9 Å². The number of carbonyl (C=O) groups is 1. The van der Waals surface area contributed by atoms with Gasteiger partial charge in [0.15, 0.2) is 11.4 Å². The van der Waals surface area contributed by atoms with Crippen LogP contribution in [0.25, 0.3) is 0 Å². The average molecular weight is 448 g/mol. The lowest BCUT2D eigenvalue weighted by Crippen LogP contribution is -2.36. The van der Waals surface area contributed by atoms with Crippen molar-refractivity contribution in [2.75, 3.05) is 17.9 Å². The number of benzene rings is 1. The molecular formula is C15H12F8N4O3. The smallest absolute Gasteiger partial charge is 0.459 e. The molecule has 0 aliphatic rings. The molecule has 0 atom stereocenters. The number of rotatable bonds is 5. The normalized spacial score (nSPS) is 12.6. The highest BCUT2D eigenvalue weighted by atomic mass is 19.4. The Morgan fingerprint density at radius 1 is 1.13 bits per heavy atom. The summed E-state index contributed by atoms with van der Waals surface area (Å²) in [5, 5.41) is 13.3. The van der Waals surface area contributed by atoms with Gasteiger partial charge in [0.1, 0.15) is 17.1 Å². The molecule has 0 fully saturated rings. The molecule has 2 aromatic rings. The number of ether oxygens (including phenoxy) is 1. The fourth-order valence-corrected chi connectivity index (χ4v) is 2.49. The van der Waals surface area contributed by atoms with Crippen LogP contribution in [0.5, 0.6) is 5.75 Å². The molecule has 1 amide bonds. The zero-order valence-corrected chi connectivity index (χ0v) is 14.9. The zero-order valence-electron chi connectivity index (χ0n) is 14.9. The van der Waals surface area contributed by atoms with E-state index in [1.807, 2.05) is 0 Å². The Hall–Kier alpha value is -3.10. The SMILES string of the molecule is COc1c(NO)cccc1C(=O)Nc1c(C(F)(F)F)c(C(F)(F)C(F)(F)F)nn1C. The highest BCUT2D eigenvalue weighted by Crippen LogP contribution is 2.49. The quantitative estimate of drug-likeness (QED) is 0.473. The van der Waals surface area contributed by atoms with Gasteiger partial charge in [-0.3, -0.25) is 20.2 Å². The van der Waals surface area contributed by atoms with Crippen LogP contribution in [0.1, 0.15) is 21.6 Å². The number of amides is 1. The van der Waals surface area contributed by atoms with Crippen LogP contribution in [-0.4, -0.2) is 34.2 Å². The summed E-state index contributed by atoms with van der Waals surface area (Å²) in [7, 11) is 1.70. The van der Waals surface area contributed by atoms with Crippen LogP contribution in [0.2, 0.25) is 0 Å². The molecular weight excluding hydrogens is 436 g/mol. The minimum absolute atomic E-state index is 0.0380. The number of methoxy groups -OCH3 is 1. The lowest BCUT2D eigenvalue weighted by atomic mass is 10.1. The number of para-hydroxylation sites is 1. The minimum Gasteiger partial charge on any atom is -0.494 e. The Balaban J connectivity index is 2.63. The Bertz CT molecular complexity index is 953. The van der Waals surface area contributed by atoms with Crippen molar-refractivity contribution in [1.29, 1.82) is 0 Å². The van der Waals surface area contributed by atoms with Crippen molar-refractivity contribution in [2.24, 2.45) is 7.05 Å². The van der Waals surface area contributed by atoms with Gasteiger partial charge in [-0.1, -0.05) is 6.07 Å². The van der Waals surface area contributed by atoms with E-state index in [2.05, 4.69) is 5.10 Å². The first-order chi connectivity index (χ1) is 13.7. The van der Waals surface area contributed by atoms with Crippen LogP contribution in [0.4, 0.5) is 46.6 Å². The van der Waals surface area contributed by atoms with Gasteiger partial charge in [0.25, 0.3) is 5.91 Å². The fourth-order valence-electron chi connectivity index (χ4n) is 2.49. The number of nitrogens with one attached hydrogen (secondary N) is 2. The summed E-state index contributed by atoms with van der Waals surface area (Å²) in [6, 6.07) is 3.46. The molecule has 0 saturated heterocycles. The highest BCUT2D eigenvalue weighted by Gasteiger charge is 2.64. The molecule has 2 rings (SSSR count). The number of nitrogens with zero attached hydrogens (tertiary/aromatic N) is 2. The van der Waals surface area contributed by atoms with E-state index < -0.39 is 46.8 Å². The van der Waals surface area contributed by atoms with Gasteiger partial charge in [-0.25, -0.2) is 0 Å². The number of alkyl halides is 8. The molecule has 0 saturated carbocycles. The van der Waals surface area contributed by atoms with E-state index in [0.29, 0.717) is 7.05 Å². The Kier molecular flexibility index (Phi) is 5.89. The summed E-state index contributed by atoms with van der Waals surface area (Å²) >= 11 is 0. The number of carbonyl (C=O) groups excluding carboxylic acids is 1. The monoisotopic (exact) mass is 448 g/mol. The minimum atomic E-state index is -6.37. The van der Waals surface area contributed by atoms with Gasteiger partial charge in [0.2, 0.25) is 0 Å². The first kappa shape index (κ1) is 23.2. The van der Waals surface area contributed by atoms with E-state index in [0.717, 1.165) is 13.2 Å². The van der Waals surface area contributed by atoms with Crippen molar-refractivity contribution in [3.05, 3.63) is 35.0 Å². The van der Waals surface area contributed by atoms with Crippen molar-refractivity contribution in [2.45, 2.75) is 18.3 Å². The topological polar surface area (TPSA) is 88.4 Å². The lowest BCUT2D eigenvalue weighted by Gasteiger charge is -2.20. The Morgan fingerprint density at radius 2 is 1.73 bits per heavy atom. The van der Waals surface area contributed by atoms with Crippen LogP contribution in [0.3, 0.4) is 0 Å². The maximum atomic E-state index is 13.7. The number of aryl methyl sites for hydroxylation is 1. The van der Waals surface area contributed by atoms with Crippen molar-refractivity contribution < 1.29 is 49.9 Å². The molecule has 0 spiro atoms. The van der Waals surface area contributed by atoms with Gasteiger partial charge in [-0.2, -0.15) is 40.2 Å². The number of halogens is 8. The summed E-state index contributed by atoms with van der Waals surface area (Å²) in [6.45, 7) is 0. The van der Waals surface area contributed by atoms with E-state index in [-0.39, 0.29) is 16.1 Å². The van der Waals surface area contributed by atoms with E-state index in [1.165, 1.54) is 12.1 Å².